The van der Waals surface area contributed by atoms with E-state index in [9.17, 15) is 30.3 Å². The number of hydrogen-bond acceptors (Lipinski definition) is 16. The first-order valence-electron chi connectivity index (χ1n) is 14.6. The Kier molecular flexibility index (Phi) is 11.2. The van der Waals surface area contributed by atoms with Gasteiger partial charge < -0.3 is 84.2 Å². The van der Waals surface area contributed by atoms with Crippen LogP contribution in [0.4, 0.5) is 0 Å². The van der Waals surface area contributed by atoms with Gasteiger partial charge >= 0.3 is 0 Å². The van der Waals surface area contributed by atoms with Crippen LogP contribution in [0.2, 0.25) is 0 Å². The van der Waals surface area contributed by atoms with Crippen molar-refractivity contribution >= 4 is 5.91 Å². The lowest BCUT2D eigenvalue weighted by Gasteiger charge is -2.51. The van der Waals surface area contributed by atoms with Crippen LogP contribution in [0.15, 0.2) is 0 Å². The molecule has 0 radical (unpaired) electrons. The summed E-state index contributed by atoms with van der Waals surface area (Å²) in [5, 5.41) is 67.8. The van der Waals surface area contributed by atoms with Crippen molar-refractivity contribution in [2.45, 2.75) is 117 Å². The van der Waals surface area contributed by atoms with Gasteiger partial charge in [0.1, 0.15) is 24.4 Å². The van der Waals surface area contributed by atoms with Gasteiger partial charge in [-0.15, -0.1) is 0 Å². The van der Waals surface area contributed by atoms with Gasteiger partial charge in [-0.25, -0.2) is 0 Å². The fourth-order valence-corrected chi connectivity index (χ4v) is 6.22. The van der Waals surface area contributed by atoms with E-state index in [0.717, 1.165) is 0 Å². The third-order valence-electron chi connectivity index (χ3n) is 9.06. The second-order valence-electron chi connectivity index (χ2n) is 12.2. The molecule has 4 rings (SSSR count). The van der Waals surface area contributed by atoms with E-state index in [1.807, 2.05) is 0 Å². The number of carbonyl (C=O) groups excluding carboxylic acids is 1. The monoisotopic (exact) mass is 607 g/mol. The van der Waals surface area contributed by atoms with Crippen LogP contribution in [-0.2, 0) is 19.0 Å². The van der Waals surface area contributed by atoms with Crippen molar-refractivity contribution in [2.24, 2.45) is 34.6 Å². The molecule has 0 aromatic heterocycles. The van der Waals surface area contributed by atoms with Crippen LogP contribution in [0.1, 0.15) is 25.7 Å². The Hall–Kier alpha value is -1.13. The zero-order valence-corrected chi connectivity index (χ0v) is 23.5. The van der Waals surface area contributed by atoms with Crippen LogP contribution in [0.25, 0.3) is 0 Å². The second-order valence-corrected chi connectivity index (χ2v) is 12.2. The molecular weight excluding hydrogens is 558 g/mol. The highest BCUT2D eigenvalue weighted by Gasteiger charge is 2.59. The number of amides is 1. The highest BCUT2D eigenvalue weighted by Crippen LogP contribution is 2.38. The molecule has 2 aliphatic heterocycles. The van der Waals surface area contributed by atoms with Crippen LogP contribution in [0.3, 0.4) is 0 Å². The molecule has 2 saturated heterocycles. The molecule has 4 unspecified atom stereocenters. The van der Waals surface area contributed by atoms with Gasteiger partial charge in [0.25, 0.3) is 5.91 Å². The zero-order chi connectivity index (χ0) is 30.9. The van der Waals surface area contributed by atoms with Crippen molar-refractivity contribution in [1.82, 2.24) is 10.6 Å². The average molecular weight is 608 g/mol. The van der Waals surface area contributed by atoms with E-state index < -0.39 is 103 Å². The molecule has 4 aliphatic rings. The van der Waals surface area contributed by atoms with E-state index in [-0.39, 0.29) is 25.6 Å². The van der Waals surface area contributed by atoms with Crippen LogP contribution < -0.4 is 39.3 Å². The van der Waals surface area contributed by atoms with Crippen molar-refractivity contribution in [2.75, 3.05) is 26.3 Å². The van der Waals surface area contributed by atoms with Gasteiger partial charge in [0.15, 0.2) is 11.9 Å². The van der Waals surface area contributed by atoms with Gasteiger partial charge in [-0.2, -0.15) is 0 Å². The molecule has 0 aromatic rings. The highest BCUT2D eigenvalue weighted by molar-refractivity contribution is 5.89. The van der Waals surface area contributed by atoms with Gasteiger partial charge in [0.05, 0.1) is 43.6 Å². The maximum absolute atomic E-state index is 12.9. The minimum Gasteiger partial charge on any atom is -0.395 e. The molecule has 42 heavy (non-hydrogen) atoms. The lowest BCUT2D eigenvalue weighted by molar-refractivity contribution is -0.306. The lowest BCUT2D eigenvalue weighted by atomic mass is 9.72. The third-order valence-corrected chi connectivity index (χ3v) is 9.06. The molecule has 16 atom stereocenters. The summed E-state index contributed by atoms with van der Waals surface area (Å²) in [5.74, 6) is -1.53. The second kappa shape index (κ2) is 13.9. The normalized spacial score (nSPS) is 48.5. The number of rotatable bonds is 11. The standard InChI is InChI=1S/C25H49N7O10/c26-9(7-33)5-31-6-10-1-2-11(27)21(40-10)16-12(28)3-13(32-24(38)25(39)4-15(25)29)22(19(16)36)42-23-20(37)17(30)18(35)14(8-34)41-23/h9-23,31,33-37,39H,1-8,26-30H2,(H,32,38)/t9?,10-,11+,12-,13+,14+,15?,16?,17-,18+,19-,20+,21-,22-,23+,25?/m0/s1. The van der Waals surface area contributed by atoms with E-state index in [4.69, 9.17) is 48.0 Å². The van der Waals surface area contributed by atoms with E-state index in [2.05, 4.69) is 10.6 Å². The number of nitrogens with two attached hydrogens (primary N) is 5. The van der Waals surface area contributed by atoms with Gasteiger partial charge in [0.2, 0.25) is 0 Å². The summed E-state index contributed by atoms with van der Waals surface area (Å²) in [5.41, 5.74) is 28.7. The lowest BCUT2D eigenvalue weighted by Crippen LogP contribution is -2.69. The zero-order valence-electron chi connectivity index (χ0n) is 23.5. The summed E-state index contributed by atoms with van der Waals surface area (Å²) in [6.07, 6.45) is -7.89. The third kappa shape index (κ3) is 7.06. The molecule has 2 aliphatic carbocycles. The topological polar surface area (TPSA) is 320 Å². The highest BCUT2D eigenvalue weighted by atomic mass is 16.7. The first-order chi connectivity index (χ1) is 19.8. The molecule has 2 saturated carbocycles. The van der Waals surface area contributed by atoms with Crippen molar-refractivity contribution in [1.29, 1.82) is 0 Å². The summed E-state index contributed by atoms with van der Waals surface area (Å²) < 4.78 is 18.0. The Morgan fingerprint density at radius 1 is 1.02 bits per heavy atom. The Labute approximate surface area is 244 Å². The fourth-order valence-electron chi connectivity index (χ4n) is 6.22. The SMILES string of the molecule is NC(CO)CNC[C@@H]1CC[C@@H](N)[C@@H](C2[C@@H](N)C[C@@H](NC(=O)C3(O)CC3N)[C@H](O[C@H]3O[C@H](CO)[C@@H](O)[C@H](N)[C@H]3O)[C@H]2O)O1. The maximum atomic E-state index is 12.9. The summed E-state index contributed by atoms with van der Waals surface area (Å²) in [6, 6.07) is -4.58. The predicted octanol–water partition coefficient (Wildman–Crippen LogP) is -7.42. The van der Waals surface area contributed by atoms with Crippen molar-refractivity contribution < 1.29 is 49.6 Å². The Balaban J connectivity index is 1.53. The Bertz CT molecular complexity index is 910. The van der Waals surface area contributed by atoms with Gasteiger partial charge in [-0.1, -0.05) is 0 Å². The molecule has 1 amide bonds. The summed E-state index contributed by atoms with van der Waals surface area (Å²) in [7, 11) is 0. The molecule has 17 heteroatoms. The Morgan fingerprint density at radius 3 is 2.33 bits per heavy atom. The smallest absolute Gasteiger partial charge is 0.253 e. The summed E-state index contributed by atoms with van der Waals surface area (Å²) in [4.78, 5) is 12.9. The van der Waals surface area contributed by atoms with Crippen LogP contribution in [0, 0.1) is 5.92 Å². The summed E-state index contributed by atoms with van der Waals surface area (Å²) >= 11 is 0. The van der Waals surface area contributed by atoms with Crippen LogP contribution in [-0.4, -0.2) is 154 Å². The first-order valence-corrected chi connectivity index (χ1v) is 14.6. The van der Waals surface area contributed by atoms with E-state index >= 15 is 0 Å². The molecule has 17 nitrogen and oxygen atoms in total. The van der Waals surface area contributed by atoms with Crippen LogP contribution in [0.5, 0.6) is 0 Å². The minimum absolute atomic E-state index is 0.0626. The maximum Gasteiger partial charge on any atom is 0.253 e. The minimum atomic E-state index is -1.76. The number of carbonyl (C=O) groups is 1. The van der Waals surface area contributed by atoms with E-state index in [1.165, 1.54) is 0 Å². The summed E-state index contributed by atoms with van der Waals surface area (Å²) in [6.45, 7) is 0.0230. The fraction of sp³-hybridized carbons (Fsp3) is 0.960. The Morgan fingerprint density at radius 2 is 1.71 bits per heavy atom. The first kappa shape index (κ1) is 33.8. The molecule has 244 valence electrons. The number of hydrogen-bond donors (Lipinski definition) is 13. The van der Waals surface area contributed by atoms with Crippen molar-refractivity contribution in [3.63, 3.8) is 0 Å². The number of aliphatic hydroxyl groups excluding tert-OH is 5. The quantitative estimate of drug-likeness (QED) is 0.104. The molecular formula is C25H49N7O10. The van der Waals surface area contributed by atoms with Crippen molar-refractivity contribution in [3.05, 3.63) is 0 Å². The van der Waals surface area contributed by atoms with Gasteiger partial charge in [-0.3, -0.25) is 4.79 Å². The molecule has 2 heterocycles. The number of aliphatic hydroxyl groups is 6. The van der Waals surface area contributed by atoms with Gasteiger partial charge in [0, 0.05) is 49.6 Å². The average Bonchev–Trinajstić information content (AvgIpc) is 3.58. The molecule has 4 fully saturated rings. The largest absolute Gasteiger partial charge is 0.395 e. The van der Waals surface area contributed by atoms with E-state index in [0.29, 0.717) is 25.9 Å². The number of nitrogens with one attached hydrogen (secondary N) is 2. The molecule has 0 aromatic carbocycles. The van der Waals surface area contributed by atoms with Crippen molar-refractivity contribution in [3.8, 4) is 0 Å². The number of ether oxygens (including phenoxy) is 3. The van der Waals surface area contributed by atoms with Gasteiger partial charge in [-0.05, 0) is 19.3 Å². The molecule has 0 bridgehead atoms. The molecule has 0 spiro atoms. The predicted molar refractivity (Wildman–Crippen MR) is 146 cm³/mol. The van der Waals surface area contributed by atoms with E-state index in [1.54, 1.807) is 0 Å². The molecule has 18 N–H and O–H groups in total. The van der Waals surface area contributed by atoms with Crippen LogP contribution >= 0.6 is 0 Å².